The van der Waals surface area contributed by atoms with Gasteiger partial charge in [0.15, 0.2) is 11.5 Å². The van der Waals surface area contributed by atoms with E-state index in [-0.39, 0.29) is 24.8 Å². The number of carbonyl (C=O) groups is 1. The molecule has 24 heavy (non-hydrogen) atoms. The van der Waals surface area contributed by atoms with Gasteiger partial charge < -0.3 is 19.5 Å². The van der Waals surface area contributed by atoms with Gasteiger partial charge >= 0.3 is 6.61 Å². The zero-order valence-corrected chi connectivity index (χ0v) is 12.6. The third kappa shape index (κ3) is 3.92. The highest BCUT2D eigenvalue weighted by atomic mass is 19.3. The second-order valence-electron chi connectivity index (χ2n) is 5.11. The Bertz CT molecular complexity index is 723. The third-order valence-corrected chi connectivity index (χ3v) is 3.39. The van der Waals surface area contributed by atoms with Gasteiger partial charge in [0.2, 0.25) is 6.10 Å². The maximum absolute atomic E-state index is 12.2. The molecule has 0 unspecified atom stereocenters. The van der Waals surface area contributed by atoms with E-state index in [1.165, 1.54) is 12.1 Å². The lowest BCUT2D eigenvalue weighted by Gasteiger charge is -2.25. The quantitative estimate of drug-likeness (QED) is 0.913. The van der Waals surface area contributed by atoms with Crippen molar-refractivity contribution in [1.29, 1.82) is 0 Å². The predicted molar refractivity (Wildman–Crippen MR) is 81.3 cm³/mol. The zero-order valence-electron chi connectivity index (χ0n) is 12.6. The van der Waals surface area contributed by atoms with Crippen LogP contribution in [-0.2, 0) is 11.3 Å². The second-order valence-corrected chi connectivity index (χ2v) is 5.11. The van der Waals surface area contributed by atoms with Crippen LogP contribution in [0.1, 0.15) is 5.56 Å². The van der Waals surface area contributed by atoms with Crippen molar-refractivity contribution < 1.29 is 27.8 Å². The number of alkyl halides is 2. The minimum Gasteiger partial charge on any atom is -0.485 e. The fourth-order valence-corrected chi connectivity index (χ4v) is 2.28. The lowest BCUT2D eigenvalue weighted by atomic mass is 10.2. The van der Waals surface area contributed by atoms with E-state index in [1.807, 2.05) is 6.07 Å². The molecule has 2 aromatic carbocycles. The average molecular weight is 335 g/mol. The van der Waals surface area contributed by atoms with Gasteiger partial charge in [0.25, 0.3) is 5.91 Å². The van der Waals surface area contributed by atoms with Gasteiger partial charge in [0.1, 0.15) is 12.4 Å². The molecule has 5 nitrogen and oxygen atoms in total. The number of ether oxygens (including phenoxy) is 3. The van der Waals surface area contributed by atoms with Crippen LogP contribution in [0.2, 0.25) is 0 Å². The van der Waals surface area contributed by atoms with E-state index in [0.717, 1.165) is 0 Å². The molecule has 7 heteroatoms. The molecule has 0 saturated heterocycles. The summed E-state index contributed by atoms with van der Waals surface area (Å²) in [6.45, 7) is -2.61. The minimum atomic E-state index is -2.89. The molecular weight excluding hydrogens is 320 g/mol. The molecule has 0 spiro atoms. The Labute approximate surface area is 137 Å². The summed E-state index contributed by atoms with van der Waals surface area (Å²) >= 11 is 0. The number of para-hydroxylation sites is 2. The largest absolute Gasteiger partial charge is 0.485 e. The van der Waals surface area contributed by atoms with E-state index in [2.05, 4.69) is 10.1 Å². The summed E-state index contributed by atoms with van der Waals surface area (Å²) in [6, 6.07) is 13.2. The molecule has 1 amide bonds. The van der Waals surface area contributed by atoms with Crippen LogP contribution in [0, 0.1) is 0 Å². The molecule has 0 radical (unpaired) electrons. The standard InChI is InChI=1S/C17H15F2NO4/c18-17(19)23-12-5-3-4-11(8-12)9-20-16(21)15-10-22-13-6-1-2-7-14(13)24-15/h1-8,15,17H,9-10H2,(H,20,21)/t15-/m1/s1. The van der Waals surface area contributed by atoms with Crippen molar-refractivity contribution in [2.24, 2.45) is 0 Å². The second kappa shape index (κ2) is 7.16. The number of hydrogen-bond donors (Lipinski definition) is 1. The van der Waals surface area contributed by atoms with Gasteiger partial charge in [-0.3, -0.25) is 4.79 Å². The summed E-state index contributed by atoms with van der Waals surface area (Å²) in [5.41, 5.74) is 0.638. The number of hydrogen-bond acceptors (Lipinski definition) is 4. The summed E-state index contributed by atoms with van der Waals surface area (Å²) in [6.07, 6.45) is -0.764. The van der Waals surface area contributed by atoms with Crippen molar-refractivity contribution in [3.05, 3.63) is 54.1 Å². The first-order valence-electron chi connectivity index (χ1n) is 7.32. The van der Waals surface area contributed by atoms with E-state index in [4.69, 9.17) is 9.47 Å². The maximum Gasteiger partial charge on any atom is 0.387 e. The van der Waals surface area contributed by atoms with Crippen molar-refractivity contribution in [2.75, 3.05) is 6.61 Å². The summed E-state index contributed by atoms with van der Waals surface area (Å²) in [7, 11) is 0. The average Bonchev–Trinajstić information content (AvgIpc) is 2.59. The number of fused-ring (bicyclic) bond motifs is 1. The van der Waals surface area contributed by atoms with Crippen LogP contribution in [0.5, 0.6) is 17.2 Å². The van der Waals surface area contributed by atoms with Gasteiger partial charge in [-0.1, -0.05) is 24.3 Å². The number of rotatable bonds is 5. The molecule has 1 atom stereocenters. The van der Waals surface area contributed by atoms with Crippen LogP contribution in [0.25, 0.3) is 0 Å². The molecule has 0 bridgehead atoms. The summed E-state index contributed by atoms with van der Waals surface area (Å²) in [4.78, 5) is 12.2. The van der Waals surface area contributed by atoms with Gasteiger partial charge in [-0.25, -0.2) is 0 Å². The Morgan fingerprint density at radius 3 is 2.79 bits per heavy atom. The van der Waals surface area contributed by atoms with Gasteiger partial charge in [-0.15, -0.1) is 0 Å². The summed E-state index contributed by atoms with van der Waals surface area (Å²) < 4.78 is 39.8. The Morgan fingerprint density at radius 1 is 1.21 bits per heavy atom. The molecule has 1 aliphatic heterocycles. The molecule has 1 heterocycles. The number of amides is 1. The first kappa shape index (κ1) is 16.0. The lowest BCUT2D eigenvalue weighted by Crippen LogP contribution is -2.43. The Balaban J connectivity index is 1.56. The van der Waals surface area contributed by atoms with Gasteiger partial charge in [0.05, 0.1) is 0 Å². The maximum atomic E-state index is 12.2. The van der Waals surface area contributed by atoms with E-state index in [0.29, 0.717) is 17.1 Å². The zero-order chi connectivity index (χ0) is 16.9. The van der Waals surface area contributed by atoms with Crippen molar-refractivity contribution in [1.82, 2.24) is 5.32 Å². The number of benzene rings is 2. The van der Waals surface area contributed by atoms with Crippen LogP contribution in [0.3, 0.4) is 0 Å². The monoisotopic (exact) mass is 335 g/mol. The molecule has 3 rings (SSSR count). The predicted octanol–water partition coefficient (Wildman–Crippen LogP) is 2.74. The van der Waals surface area contributed by atoms with Gasteiger partial charge in [-0.2, -0.15) is 8.78 Å². The van der Waals surface area contributed by atoms with Crippen molar-refractivity contribution in [2.45, 2.75) is 19.3 Å². The number of carbonyl (C=O) groups excluding carboxylic acids is 1. The molecule has 1 aliphatic rings. The molecule has 0 fully saturated rings. The molecule has 0 saturated carbocycles. The van der Waals surface area contributed by atoms with Gasteiger partial charge in [-0.05, 0) is 29.8 Å². The van der Waals surface area contributed by atoms with Crippen LogP contribution in [0.4, 0.5) is 8.78 Å². The highest BCUT2D eigenvalue weighted by Gasteiger charge is 2.26. The first-order chi connectivity index (χ1) is 11.6. The fraction of sp³-hybridized carbons (Fsp3) is 0.235. The van der Waals surface area contributed by atoms with Crippen LogP contribution in [-0.4, -0.2) is 25.2 Å². The van der Waals surface area contributed by atoms with Crippen LogP contribution < -0.4 is 19.5 Å². The fourth-order valence-electron chi connectivity index (χ4n) is 2.28. The van der Waals surface area contributed by atoms with Crippen molar-refractivity contribution in [3.8, 4) is 17.2 Å². The highest BCUT2D eigenvalue weighted by Crippen LogP contribution is 2.30. The Morgan fingerprint density at radius 2 is 2.00 bits per heavy atom. The molecule has 1 N–H and O–H groups in total. The first-order valence-corrected chi connectivity index (χ1v) is 7.32. The van der Waals surface area contributed by atoms with Gasteiger partial charge in [0, 0.05) is 6.54 Å². The van der Waals surface area contributed by atoms with Crippen molar-refractivity contribution >= 4 is 5.91 Å². The van der Waals surface area contributed by atoms with Crippen LogP contribution in [0.15, 0.2) is 48.5 Å². The smallest absolute Gasteiger partial charge is 0.387 e. The number of nitrogens with one attached hydrogen (secondary N) is 1. The topological polar surface area (TPSA) is 56.8 Å². The normalized spacial score (nSPS) is 15.9. The molecule has 2 aromatic rings. The Hall–Kier alpha value is -2.83. The highest BCUT2D eigenvalue weighted by molar-refractivity contribution is 5.81. The lowest BCUT2D eigenvalue weighted by molar-refractivity contribution is -0.130. The SMILES string of the molecule is O=C(NCc1cccc(OC(F)F)c1)[C@H]1COc2ccccc2O1. The molecular formula is C17H15F2NO4. The van der Waals surface area contributed by atoms with E-state index >= 15 is 0 Å². The summed E-state index contributed by atoms with van der Waals surface area (Å²) in [5.74, 6) is 0.808. The molecule has 0 aliphatic carbocycles. The van der Waals surface area contributed by atoms with Crippen molar-refractivity contribution in [3.63, 3.8) is 0 Å². The van der Waals surface area contributed by atoms with Crippen LogP contribution >= 0.6 is 0 Å². The minimum absolute atomic E-state index is 0.0444. The number of halogens is 2. The third-order valence-electron chi connectivity index (χ3n) is 3.39. The van der Waals surface area contributed by atoms with E-state index < -0.39 is 12.7 Å². The van der Waals surface area contributed by atoms with E-state index in [1.54, 1.807) is 30.3 Å². The molecule has 126 valence electrons. The molecule has 0 aromatic heterocycles. The Kier molecular flexibility index (Phi) is 4.79. The summed E-state index contributed by atoms with van der Waals surface area (Å²) in [5, 5.41) is 2.69. The van der Waals surface area contributed by atoms with E-state index in [9.17, 15) is 13.6 Å².